The van der Waals surface area contributed by atoms with Crippen LogP contribution >= 0.6 is 11.6 Å². The molecule has 0 atom stereocenters. The number of hydrogen-bond acceptors (Lipinski definition) is 2. The van der Waals surface area contributed by atoms with Gasteiger partial charge in [0.25, 0.3) is 0 Å². The van der Waals surface area contributed by atoms with Crippen LogP contribution in [0.1, 0.15) is 17.0 Å². The van der Waals surface area contributed by atoms with Crippen LogP contribution in [-0.2, 0) is 5.88 Å². The Kier molecular flexibility index (Phi) is 3.17. The zero-order valence-electron chi connectivity index (χ0n) is 11.0. The predicted molar refractivity (Wildman–Crippen MR) is 80.1 cm³/mol. The summed E-state index contributed by atoms with van der Waals surface area (Å²) in [6.07, 6.45) is 0. The highest BCUT2D eigenvalue weighted by Crippen LogP contribution is 2.25. The average molecular weight is 282 g/mol. The summed E-state index contributed by atoms with van der Waals surface area (Å²) in [5.74, 6) is 1.11. The van der Waals surface area contributed by atoms with Crippen LogP contribution in [0.25, 0.3) is 16.7 Å². The van der Waals surface area contributed by atoms with Gasteiger partial charge in [0.1, 0.15) is 5.82 Å². The first-order chi connectivity index (χ1) is 9.74. The van der Waals surface area contributed by atoms with Gasteiger partial charge in [-0.15, -0.1) is 11.6 Å². The number of aryl methyl sites for hydroxylation is 1. The van der Waals surface area contributed by atoms with E-state index in [-0.39, 0.29) is 0 Å². The van der Waals surface area contributed by atoms with Gasteiger partial charge in [0, 0.05) is 0 Å². The average Bonchev–Trinajstić information content (AvgIpc) is 2.86. The van der Waals surface area contributed by atoms with Crippen LogP contribution < -0.4 is 0 Å². The summed E-state index contributed by atoms with van der Waals surface area (Å²) >= 11 is 6.03. The van der Waals surface area contributed by atoms with Crippen molar-refractivity contribution >= 4 is 22.6 Å². The Morgan fingerprint density at radius 1 is 1.25 bits per heavy atom. The molecule has 0 spiro atoms. The number of hydrogen-bond donors (Lipinski definition) is 0. The molecule has 0 N–H and O–H groups in total. The normalized spacial score (nSPS) is 10.7. The van der Waals surface area contributed by atoms with Gasteiger partial charge in [-0.2, -0.15) is 5.26 Å². The van der Waals surface area contributed by atoms with Crippen LogP contribution in [0.2, 0.25) is 0 Å². The fraction of sp³-hybridized carbons (Fsp3) is 0.125. The number of alkyl halides is 1. The molecule has 4 heteroatoms. The lowest BCUT2D eigenvalue weighted by Crippen LogP contribution is -2.02. The van der Waals surface area contributed by atoms with Crippen molar-refractivity contribution < 1.29 is 0 Å². The Hall–Kier alpha value is -2.31. The number of fused-ring (bicyclic) bond motifs is 1. The molecule has 0 aliphatic carbocycles. The molecular formula is C16H12ClN3. The van der Waals surface area contributed by atoms with E-state index in [0.717, 1.165) is 28.1 Å². The van der Waals surface area contributed by atoms with Crippen molar-refractivity contribution in [2.24, 2.45) is 0 Å². The summed E-state index contributed by atoms with van der Waals surface area (Å²) in [7, 11) is 0. The Bertz CT molecular complexity index is 827. The fourth-order valence-electron chi connectivity index (χ4n) is 2.35. The number of nitriles is 1. The first-order valence-electron chi connectivity index (χ1n) is 6.28. The minimum Gasteiger partial charge on any atom is -0.295 e. The molecule has 98 valence electrons. The monoisotopic (exact) mass is 281 g/mol. The molecule has 0 aliphatic heterocycles. The first kappa shape index (κ1) is 12.7. The molecule has 3 aromatic rings. The molecule has 0 saturated carbocycles. The molecule has 0 amide bonds. The molecule has 0 saturated heterocycles. The van der Waals surface area contributed by atoms with Crippen molar-refractivity contribution in [1.82, 2.24) is 9.55 Å². The number of imidazole rings is 1. The lowest BCUT2D eigenvalue weighted by Gasteiger charge is -2.11. The topological polar surface area (TPSA) is 41.6 Å². The Morgan fingerprint density at radius 2 is 2.05 bits per heavy atom. The quantitative estimate of drug-likeness (QED) is 0.668. The molecule has 0 bridgehead atoms. The predicted octanol–water partition coefficient (Wildman–Crippen LogP) is 3.94. The molecule has 1 heterocycles. The van der Waals surface area contributed by atoms with E-state index in [2.05, 4.69) is 11.1 Å². The zero-order chi connectivity index (χ0) is 14.1. The van der Waals surface area contributed by atoms with Gasteiger partial charge >= 0.3 is 0 Å². The molecule has 0 aliphatic rings. The third kappa shape index (κ3) is 1.95. The molecule has 0 unspecified atom stereocenters. The highest BCUT2D eigenvalue weighted by molar-refractivity contribution is 6.17. The van der Waals surface area contributed by atoms with Crippen molar-refractivity contribution in [3.63, 3.8) is 0 Å². The van der Waals surface area contributed by atoms with Crippen molar-refractivity contribution in [2.75, 3.05) is 0 Å². The highest BCUT2D eigenvalue weighted by atomic mass is 35.5. The van der Waals surface area contributed by atoms with Crippen LogP contribution in [0, 0.1) is 18.3 Å². The summed E-state index contributed by atoms with van der Waals surface area (Å²) in [5, 5.41) is 9.09. The molecule has 2 aromatic carbocycles. The van der Waals surface area contributed by atoms with Gasteiger partial charge in [-0.1, -0.05) is 18.2 Å². The van der Waals surface area contributed by atoms with E-state index in [0.29, 0.717) is 11.4 Å². The van der Waals surface area contributed by atoms with Gasteiger partial charge in [-0.3, -0.25) is 4.57 Å². The van der Waals surface area contributed by atoms with Crippen LogP contribution in [-0.4, -0.2) is 9.55 Å². The van der Waals surface area contributed by atoms with Crippen LogP contribution in [0.3, 0.4) is 0 Å². The van der Waals surface area contributed by atoms with Gasteiger partial charge in [-0.05, 0) is 36.8 Å². The third-order valence-electron chi connectivity index (χ3n) is 3.33. The maximum Gasteiger partial charge on any atom is 0.129 e. The number of halogens is 1. The van der Waals surface area contributed by atoms with E-state index in [4.69, 9.17) is 16.9 Å². The lowest BCUT2D eigenvalue weighted by atomic mass is 10.1. The van der Waals surface area contributed by atoms with Crippen LogP contribution in [0.5, 0.6) is 0 Å². The molecule has 0 radical (unpaired) electrons. The maximum absolute atomic E-state index is 9.09. The molecular weight excluding hydrogens is 270 g/mol. The van der Waals surface area contributed by atoms with Crippen molar-refractivity contribution in [2.45, 2.75) is 12.8 Å². The first-order valence-corrected chi connectivity index (χ1v) is 6.81. The van der Waals surface area contributed by atoms with Crippen LogP contribution in [0.15, 0.2) is 42.5 Å². The molecule has 20 heavy (non-hydrogen) atoms. The minimum absolute atomic E-state index is 0.324. The summed E-state index contributed by atoms with van der Waals surface area (Å²) in [4.78, 5) is 4.55. The van der Waals surface area contributed by atoms with Crippen molar-refractivity contribution in [3.05, 3.63) is 59.4 Å². The Labute approximate surface area is 122 Å². The van der Waals surface area contributed by atoms with Crippen LogP contribution in [0.4, 0.5) is 0 Å². The second-order valence-electron chi connectivity index (χ2n) is 4.60. The number of para-hydroxylation sites is 2. The van der Waals surface area contributed by atoms with Gasteiger partial charge in [-0.25, -0.2) is 4.98 Å². The van der Waals surface area contributed by atoms with E-state index in [1.807, 2.05) is 54.0 Å². The summed E-state index contributed by atoms with van der Waals surface area (Å²) in [6, 6.07) is 15.7. The van der Waals surface area contributed by atoms with E-state index in [1.54, 1.807) is 0 Å². The van der Waals surface area contributed by atoms with Gasteiger partial charge in [0.15, 0.2) is 0 Å². The molecule has 3 nitrogen and oxygen atoms in total. The largest absolute Gasteiger partial charge is 0.295 e. The van der Waals surface area contributed by atoms with Gasteiger partial charge in [0.05, 0.1) is 34.2 Å². The number of rotatable bonds is 2. The molecule has 1 aromatic heterocycles. The third-order valence-corrected chi connectivity index (χ3v) is 3.57. The smallest absolute Gasteiger partial charge is 0.129 e. The fourth-order valence-corrected chi connectivity index (χ4v) is 2.53. The number of nitrogens with zero attached hydrogens (tertiary/aromatic N) is 3. The van der Waals surface area contributed by atoms with E-state index < -0.39 is 0 Å². The maximum atomic E-state index is 9.09. The summed E-state index contributed by atoms with van der Waals surface area (Å²) < 4.78 is 2.03. The van der Waals surface area contributed by atoms with E-state index in [9.17, 15) is 0 Å². The van der Waals surface area contributed by atoms with E-state index in [1.165, 1.54) is 0 Å². The van der Waals surface area contributed by atoms with Gasteiger partial charge in [0.2, 0.25) is 0 Å². The van der Waals surface area contributed by atoms with E-state index >= 15 is 0 Å². The van der Waals surface area contributed by atoms with Gasteiger partial charge < -0.3 is 0 Å². The molecule has 0 fully saturated rings. The SMILES string of the molecule is Cc1ccc(C#N)cc1-n1c(CCl)nc2ccccc21. The zero-order valence-corrected chi connectivity index (χ0v) is 11.7. The second kappa shape index (κ2) is 4.99. The minimum atomic E-state index is 0.324. The molecule has 3 rings (SSSR count). The summed E-state index contributed by atoms with van der Waals surface area (Å²) in [5.41, 5.74) is 4.57. The standard InChI is InChI=1S/C16H12ClN3/c1-11-6-7-12(10-18)8-15(11)20-14-5-3-2-4-13(14)19-16(20)9-17/h2-8H,9H2,1H3. The second-order valence-corrected chi connectivity index (χ2v) is 4.87. The Morgan fingerprint density at radius 3 is 2.80 bits per heavy atom. The Balaban J connectivity index is 2.37. The van der Waals surface area contributed by atoms with Crippen molar-refractivity contribution in [1.29, 1.82) is 5.26 Å². The van der Waals surface area contributed by atoms with Crippen molar-refractivity contribution in [3.8, 4) is 11.8 Å². The lowest BCUT2D eigenvalue weighted by molar-refractivity contribution is 0.971. The summed E-state index contributed by atoms with van der Waals surface area (Å²) in [6.45, 7) is 2.02. The number of benzene rings is 2. The number of aromatic nitrogens is 2. The highest BCUT2D eigenvalue weighted by Gasteiger charge is 2.13.